The van der Waals surface area contributed by atoms with Gasteiger partial charge in [0.1, 0.15) is 17.3 Å². The maximum absolute atomic E-state index is 13.1. The van der Waals surface area contributed by atoms with Gasteiger partial charge in [-0.1, -0.05) is 18.2 Å². The Labute approximate surface area is 212 Å². The molecule has 1 heterocycles. The highest BCUT2D eigenvalue weighted by Gasteiger charge is 2.13. The number of nitrogens with zero attached hydrogens (tertiary/aromatic N) is 1. The monoisotopic (exact) mass is 507 g/mol. The minimum Gasteiger partial charge on any atom is -0.497 e. The maximum atomic E-state index is 13.1. The molecule has 0 aliphatic carbocycles. The van der Waals surface area contributed by atoms with Crippen LogP contribution in [0, 0.1) is 5.82 Å². The first-order valence-electron chi connectivity index (χ1n) is 11.2. The predicted molar refractivity (Wildman–Crippen MR) is 140 cm³/mol. The van der Waals surface area contributed by atoms with Crippen molar-refractivity contribution in [3.8, 4) is 11.5 Å². The highest BCUT2D eigenvalue weighted by Crippen LogP contribution is 2.32. The van der Waals surface area contributed by atoms with Crippen molar-refractivity contribution >= 4 is 40.2 Å². The first-order chi connectivity index (χ1) is 17.5. The number of benzene rings is 3. The summed E-state index contributed by atoms with van der Waals surface area (Å²) in [7, 11) is 3.11. The summed E-state index contributed by atoms with van der Waals surface area (Å²) in [6, 6.07) is 18.6. The number of aromatic nitrogens is 1. The lowest BCUT2D eigenvalue weighted by Crippen LogP contribution is -2.27. The smallest absolute Gasteiger partial charge is 0.251 e. The lowest BCUT2D eigenvalue weighted by Gasteiger charge is -2.11. The Morgan fingerprint density at radius 2 is 1.78 bits per heavy atom. The number of hydrogen-bond acceptors (Lipinski definition) is 5. The maximum Gasteiger partial charge on any atom is 0.251 e. The second-order valence-corrected chi connectivity index (χ2v) is 8.89. The zero-order valence-electron chi connectivity index (χ0n) is 19.9. The quantitative estimate of drug-likeness (QED) is 0.297. The number of rotatable bonds is 10. The molecule has 0 atom stereocenters. The molecule has 3 aromatic carbocycles. The molecule has 0 spiro atoms. The zero-order chi connectivity index (χ0) is 25.5. The van der Waals surface area contributed by atoms with E-state index in [2.05, 4.69) is 10.6 Å². The van der Waals surface area contributed by atoms with E-state index in [1.165, 1.54) is 43.1 Å². The van der Waals surface area contributed by atoms with Gasteiger partial charge in [0.2, 0.25) is 5.91 Å². The van der Waals surface area contributed by atoms with E-state index in [0.717, 1.165) is 15.8 Å². The lowest BCUT2D eigenvalue weighted by molar-refractivity contribution is -0.113. The fourth-order valence-electron chi connectivity index (χ4n) is 3.74. The van der Waals surface area contributed by atoms with Crippen LogP contribution in [0.3, 0.4) is 0 Å². The Morgan fingerprint density at radius 1 is 1.00 bits per heavy atom. The minimum absolute atomic E-state index is 0.160. The number of para-hydroxylation sites is 1. The van der Waals surface area contributed by atoms with E-state index in [0.29, 0.717) is 35.8 Å². The van der Waals surface area contributed by atoms with Crippen LogP contribution < -0.4 is 20.1 Å². The highest BCUT2D eigenvalue weighted by atomic mass is 32.2. The SMILES string of the molecule is COc1ccc(NC(=O)CSc2cn(CCNC(=O)c3ccc(F)cc3)c3ccccc23)c(OC)c1. The molecule has 1 aromatic heterocycles. The van der Waals surface area contributed by atoms with E-state index in [1.54, 1.807) is 25.3 Å². The number of amides is 2. The molecule has 0 bridgehead atoms. The van der Waals surface area contributed by atoms with Crippen LogP contribution in [0.2, 0.25) is 0 Å². The van der Waals surface area contributed by atoms with Gasteiger partial charge < -0.3 is 24.7 Å². The Bertz CT molecular complexity index is 1370. The summed E-state index contributed by atoms with van der Waals surface area (Å²) in [5.74, 6) is 0.573. The number of nitrogens with one attached hydrogen (secondary N) is 2. The number of hydrogen-bond donors (Lipinski definition) is 2. The fourth-order valence-corrected chi connectivity index (χ4v) is 4.63. The molecule has 7 nitrogen and oxygen atoms in total. The van der Waals surface area contributed by atoms with Gasteiger partial charge in [0.15, 0.2) is 0 Å². The Balaban J connectivity index is 1.38. The molecule has 2 amide bonds. The second-order valence-electron chi connectivity index (χ2n) is 7.87. The van der Waals surface area contributed by atoms with E-state index in [4.69, 9.17) is 9.47 Å². The van der Waals surface area contributed by atoms with Crippen LogP contribution in [0.5, 0.6) is 11.5 Å². The molecule has 36 heavy (non-hydrogen) atoms. The Hall–Kier alpha value is -3.98. The van der Waals surface area contributed by atoms with Gasteiger partial charge in [-0.2, -0.15) is 0 Å². The van der Waals surface area contributed by atoms with Crippen LogP contribution in [0.4, 0.5) is 10.1 Å². The average Bonchev–Trinajstić information content (AvgIpc) is 3.25. The molecule has 186 valence electrons. The molecular formula is C27H26FN3O4S. The van der Waals surface area contributed by atoms with E-state index in [1.807, 2.05) is 35.0 Å². The van der Waals surface area contributed by atoms with Crippen LogP contribution in [-0.2, 0) is 11.3 Å². The molecule has 4 aromatic rings. The molecule has 0 radical (unpaired) electrons. The molecule has 0 saturated carbocycles. The standard InChI is InChI=1S/C27H26FN3O4S/c1-34-20-11-12-22(24(15-20)35-2)30-26(32)17-36-25-16-31(23-6-4-3-5-21(23)25)14-13-29-27(33)18-7-9-19(28)10-8-18/h3-12,15-16H,13-14,17H2,1-2H3,(H,29,33)(H,30,32). The number of anilines is 1. The van der Waals surface area contributed by atoms with Crippen LogP contribution in [0.25, 0.3) is 10.9 Å². The lowest BCUT2D eigenvalue weighted by atomic mass is 10.2. The number of halogens is 1. The topological polar surface area (TPSA) is 81.6 Å². The number of ether oxygens (including phenoxy) is 2. The van der Waals surface area contributed by atoms with Gasteiger partial charge in [0.05, 0.1) is 25.7 Å². The van der Waals surface area contributed by atoms with Crippen molar-refractivity contribution in [3.05, 3.63) is 84.3 Å². The highest BCUT2D eigenvalue weighted by molar-refractivity contribution is 8.00. The molecule has 9 heteroatoms. The summed E-state index contributed by atoms with van der Waals surface area (Å²) in [6.07, 6.45) is 1.99. The summed E-state index contributed by atoms with van der Waals surface area (Å²) < 4.78 is 25.7. The van der Waals surface area contributed by atoms with Gasteiger partial charge in [-0.3, -0.25) is 9.59 Å². The van der Waals surface area contributed by atoms with Gasteiger partial charge in [-0.05, 0) is 42.5 Å². The number of carbonyl (C=O) groups is 2. The van der Waals surface area contributed by atoms with Crippen molar-refractivity contribution in [1.82, 2.24) is 9.88 Å². The molecule has 0 saturated heterocycles. The second kappa shape index (κ2) is 11.6. The first-order valence-corrected chi connectivity index (χ1v) is 12.2. The predicted octanol–water partition coefficient (Wildman–Crippen LogP) is 4.96. The van der Waals surface area contributed by atoms with Gasteiger partial charge in [0, 0.05) is 46.7 Å². The number of methoxy groups -OCH3 is 2. The first kappa shape index (κ1) is 25.1. The van der Waals surface area contributed by atoms with Gasteiger partial charge in [-0.25, -0.2) is 4.39 Å². The van der Waals surface area contributed by atoms with E-state index < -0.39 is 0 Å². The van der Waals surface area contributed by atoms with Crippen molar-refractivity contribution in [2.75, 3.05) is 31.8 Å². The van der Waals surface area contributed by atoms with Crippen LogP contribution >= 0.6 is 11.8 Å². The summed E-state index contributed by atoms with van der Waals surface area (Å²) in [5, 5.41) is 6.78. The molecule has 0 unspecified atom stereocenters. The molecular weight excluding hydrogens is 481 g/mol. The summed E-state index contributed by atoms with van der Waals surface area (Å²) in [4.78, 5) is 25.9. The van der Waals surface area contributed by atoms with Crippen LogP contribution in [-0.4, -0.2) is 42.9 Å². The van der Waals surface area contributed by atoms with Crippen LogP contribution in [0.1, 0.15) is 10.4 Å². The third-order valence-corrected chi connectivity index (χ3v) is 6.58. The van der Waals surface area contributed by atoms with Crippen molar-refractivity contribution in [2.45, 2.75) is 11.4 Å². The molecule has 0 fully saturated rings. The Morgan fingerprint density at radius 3 is 2.53 bits per heavy atom. The molecule has 0 aliphatic rings. The van der Waals surface area contributed by atoms with Crippen molar-refractivity contribution in [1.29, 1.82) is 0 Å². The summed E-state index contributed by atoms with van der Waals surface area (Å²) >= 11 is 1.44. The van der Waals surface area contributed by atoms with E-state index in [9.17, 15) is 14.0 Å². The largest absolute Gasteiger partial charge is 0.497 e. The normalized spacial score (nSPS) is 10.8. The minimum atomic E-state index is -0.382. The van der Waals surface area contributed by atoms with Gasteiger partial charge in [-0.15, -0.1) is 11.8 Å². The molecule has 0 aliphatic heterocycles. The summed E-state index contributed by atoms with van der Waals surface area (Å²) in [6.45, 7) is 0.944. The third-order valence-electron chi connectivity index (χ3n) is 5.54. The van der Waals surface area contributed by atoms with Crippen molar-refractivity contribution < 1.29 is 23.5 Å². The number of thioether (sulfide) groups is 1. The number of fused-ring (bicyclic) bond motifs is 1. The zero-order valence-corrected chi connectivity index (χ0v) is 20.7. The fraction of sp³-hybridized carbons (Fsp3) is 0.185. The number of carbonyl (C=O) groups excluding carboxylic acids is 2. The Kier molecular flexibility index (Phi) is 8.12. The van der Waals surface area contributed by atoms with Gasteiger partial charge >= 0.3 is 0 Å². The van der Waals surface area contributed by atoms with Crippen molar-refractivity contribution in [3.63, 3.8) is 0 Å². The third kappa shape index (κ3) is 5.98. The molecule has 2 N–H and O–H groups in total. The molecule has 4 rings (SSSR count). The van der Waals surface area contributed by atoms with Crippen LogP contribution in [0.15, 0.2) is 77.8 Å². The van der Waals surface area contributed by atoms with Gasteiger partial charge in [0.25, 0.3) is 5.91 Å². The average molecular weight is 508 g/mol. The van der Waals surface area contributed by atoms with E-state index >= 15 is 0 Å². The summed E-state index contributed by atoms with van der Waals surface area (Å²) in [5.41, 5.74) is 1.99. The van der Waals surface area contributed by atoms with E-state index in [-0.39, 0.29) is 23.4 Å². The van der Waals surface area contributed by atoms with Crippen molar-refractivity contribution in [2.24, 2.45) is 0 Å².